The zero-order valence-corrected chi connectivity index (χ0v) is 15.8. The zero-order chi connectivity index (χ0) is 21.1. The summed E-state index contributed by atoms with van der Waals surface area (Å²) < 4.78 is 28.2. The van der Waals surface area contributed by atoms with Gasteiger partial charge in [0.05, 0.1) is 11.6 Å². The molecule has 0 radical (unpaired) electrons. The van der Waals surface area contributed by atoms with E-state index in [1.807, 2.05) is 6.92 Å². The van der Waals surface area contributed by atoms with Crippen LogP contribution in [0.15, 0.2) is 29.2 Å². The van der Waals surface area contributed by atoms with E-state index in [0.29, 0.717) is 6.07 Å². The van der Waals surface area contributed by atoms with Crippen molar-refractivity contribution in [2.75, 3.05) is 7.05 Å². The summed E-state index contributed by atoms with van der Waals surface area (Å²) in [6, 6.07) is 2.70. The maximum absolute atomic E-state index is 13.8. The minimum absolute atomic E-state index is 0.0455. The second-order valence-electron chi connectivity index (χ2n) is 7.54. The molecule has 2 amide bonds. The number of likely N-dealkylation sites (N-methyl/N-ethyl adjacent to an activating group) is 1. The number of benzene rings is 1. The Balaban J connectivity index is 1.68. The average molecular weight is 403 g/mol. The van der Waals surface area contributed by atoms with Gasteiger partial charge < -0.3 is 19.9 Å². The SMILES string of the molecule is CC1n2cc(C(=O)NCc3ccc(F)cc3F)c(=O)c(O)c2C(=O)N(C)C12CC2. The van der Waals surface area contributed by atoms with E-state index in [1.165, 1.54) is 16.8 Å². The van der Waals surface area contributed by atoms with E-state index in [-0.39, 0.29) is 29.4 Å². The Labute approximate surface area is 164 Å². The van der Waals surface area contributed by atoms with E-state index in [1.54, 1.807) is 11.9 Å². The lowest BCUT2D eigenvalue weighted by atomic mass is 9.99. The maximum Gasteiger partial charge on any atom is 0.274 e. The third-order valence-corrected chi connectivity index (χ3v) is 6.04. The van der Waals surface area contributed by atoms with E-state index in [4.69, 9.17) is 0 Å². The molecule has 1 aromatic heterocycles. The molecule has 1 aliphatic heterocycles. The van der Waals surface area contributed by atoms with Gasteiger partial charge >= 0.3 is 0 Å². The molecule has 1 aromatic carbocycles. The molecule has 152 valence electrons. The van der Waals surface area contributed by atoms with Gasteiger partial charge in [-0.1, -0.05) is 6.07 Å². The van der Waals surface area contributed by atoms with Gasteiger partial charge in [-0.2, -0.15) is 0 Å². The summed E-state index contributed by atoms with van der Waals surface area (Å²) >= 11 is 0. The molecular weight excluding hydrogens is 384 g/mol. The topological polar surface area (TPSA) is 91.6 Å². The number of carbonyl (C=O) groups excluding carboxylic acids is 2. The van der Waals surface area contributed by atoms with E-state index in [2.05, 4.69) is 5.32 Å². The lowest BCUT2D eigenvalue weighted by Crippen LogP contribution is -2.51. The standard InChI is InChI=1S/C20H19F2N3O4/c1-10-20(5-6-20)24(2)19(29)15-17(27)16(26)13(9-25(10)15)18(28)23-8-11-3-4-12(21)7-14(11)22/h3-4,7,9-10,27H,5-6,8H2,1-2H3,(H,23,28). The van der Waals surface area contributed by atoms with Crippen LogP contribution in [0.25, 0.3) is 0 Å². The van der Waals surface area contributed by atoms with Crippen LogP contribution in [0.5, 0.6) is 5.75 Å². The first-order valence-corrected chi connectivity index (χ1v) is 9.16. The highest BCUT2D eigenvalue weighted by atomic mass is 19.1. The Bertz CT molecular complexity index is 1110. The van der Waals surface area contributed by atoms with Crippen molar-refractivity contribution < 1.29 is 23.5 Å². The van der Waals surface area contributed by atoms with Crippen LogP contribution in [0.3, 0.4) is 0 Å². The van der Waals surface area contributed by atoms with E-state index >= 15 is 0 Å². The van der Waals surface area contributed by atoms with Gasteiger partial charge in [0, 0.05) is 31.4 Å². The summed E-state index contributed by atoms with van der Waals surface area (Å²) in [4.78, 5) is 39.3. The largest absolute Gasteiger partial charge is 0.503 e. The molecule has 9 heteroatoms. The molecule has 1 aliphatic carbocycles. The number of fused-ring (bicyclic) bond motifs is 1. The Morgan fingerprint density at radius 2 is 2.00 bits per heavy atom. The number of nitrogens with one attached hydrogen (secondary N) is 1. The fraction of sp³-hybridized carbons (Fsp3) is 0.350. The molecule has 1 unspecified atom stereocenters. The molecule has 2 aliphatic rings. The van der Waals surface area contributed by atoms with Crippen LogP contribution >= 0.6 is 0 Å². The lowest BCUT2D eigenvalue weighted by Gasteiger charge is -2.41. The van der Waals surface area contributed by atoms with Gasteiger partial charge in [-0.05, 0) is 25.8 Å². The predicted octanol–water partition coefficient (Wildman–Crippen LogP) is 1.94. The molecule has 1 fully saturated rings. The number of nitrogens with zero attached hydrogens (tertiary/aromatic N) is 2. The molecule has 1 saturated carbocycles. The van der Waals surface area contributed by atoms with E-state index < -0.39 is 40.2 Å². The Morgan fingerprint density at radius 3 is 2.62 bits per heavy atom. The summed E-state index contributed by atoms with van der Waals surface area (Å²) in [6.07, 6.45) is 2.84. The van der Waals surface area contributed by atoms with Crippen molar-refractivity contribution in [3.05, 3.63) is 63.1 Å². The van der Waals surface area contributed by atoms with Crippen LogP contribution in [-0.4, -0.2) is 39.0 Å². The molecule has 0 bridgehead atoms. The first-order valence-electron chi connectivity index (χ1n) is 9.16. The number of hydrogen-bond acceptors (Lipinski definition) is 4. The van der Waals surface area contributed by atoms with Gasteiger partial charge in [0.25, 0.3) is 11.8 Å². The molecule has 7 nitrogen and oxygen atoms in total. The second-order valence-corrected chi connectivity index (χ2v) is 7.54. The highest BCUT2D eigenvalue weighted by Gasteiger charge is 2.57. The predicted molar refractivity (Wildman–Crippen MR) is 98.7 cm³/mol. The van der Waals surface area contributed by atoms with Crippen molar-refractivity contribution in [1.29, 1.82) is 0 Å². The smallest absolute Gasteiger partial charge is 0.274 e. The summed E-state index contributed by atoms with van der Waals surface area (Å²) in [6.45, 7) is 1.59. The lowest BCUT2D eigenvalue weighted by molar-refractivity contribution is 0.0550. The van der Waals surface area contributed by atoms with Crippen LogP contribution in [0.2, 0.25) is 0 Å². The highest BCUT2D eigenvalue weighted by molar-refractivity contribution is 5.99. The molecule has 4 rings (SSSR count). The van der Waals surface area contributed by atoms with Gasteiger partial charge in [0.15, 0.2) is 11.4 Å². The number of carbonyl (C=O) groups is 2. The van der Waals surface area contributed by atoms with E-state index in [9.17, 15) is 28.3 Å². The Kier molecular flexibility index (Phi) is 4.21. The van der Waals surface area contributed by atoms with Gasteiger partial charge in [-0.25, -0.2) is 8.78 Å². The molecule has 2 N–H and O–H groups in total. The molecule has 2 heterocycles. The van der Waals surface area contributed by atoms with Crippen molar-refractivity contribution in [3.8, 4) is 5.75 Å². The number of amides is 2. The number of pyridine rings is 1. The quantitative estimate of drug-likeness (QED) is 0.820. The van der Waals surface area contributed by atoms with Gasteiger partial charge in [0.1, 0.15) is 17.2 Å². The van der Waals surface area contributed by atoms with Crippen LogP contribution in [-0.2, 0) is 6.54 Å². The Morgan fingerprint density at radius 1 is 1.31 bits per heavy atom. The van der Waals surface area contributed by atoms with Crippen molar-refractivity contribution in [2.24, 2.45) is 0 Å². The van der Waals surface area contributed by atoms with Crippen LogP contribution in [0.4, 0.5) is 8.78 Å². The van der Waals surface area contributed by atoms with Gasteiger partial charge in [-0.15, -0.1) is 0 Å². The average Bonchev–Trinajstić information content (AvgIpc) is 3.48. The normalized spacial score (nSPS) is 19.2. The minimum atomic E-state index is -0.978. The second kappa shape index (κ2) is 6.40. The van der Waals surface area contributed by atoms with Crippen molar-refractivity contribution in [3.63, 3.8) is 0 Å². The van der Waals surface area contributed by atoms with Gasteiger partial charge in [0.2, 0.25) is 5.43 Å². The van der Waals surface area contributed by atoms with Gasteiger partial charge in [-0.3, -0.25) is 14.4 Å². The summed E-state index contributed by atoms with van der Waals surface area (Å²) in [7, 11) is 1.64. The molecule has 1 atom stereocenters. The molecule has 29 heavy (non-hydrogen) atoms. The van der Waals surface area contributed by atoms with Crippen molar-refractivity contribution in [1.82, 2.24) is 14.8 Å². The van der Waals surface area contributed by atoms with Crippen LogP contribution in [0.1, 0.15) is 52.2 Å². The highest BCUT2D eigenvalue weighted by Crippen LogP contribution is 2.52. The molecular formula is C20H19F2N3O4. The minimum Gasteiger partial charge on any atom is -0.503 e. The monoisotopic (exact) mass is 403 g/mol. The number of aromatic nitrogens is 1. The number of hydrogen-bond donors (Lipinski definition) is 2. The summed E-state index contributed by atoms with van der Waals surface area (Å²) in [5, 5.41) is 12.8. The van der Waals surface area contributed by atoms with Crippen molar-refractivity contribution in [2.45, 2.75) is 37.9 Å². The van der Waals surface area contributed by atoms with E-state index in [0.717, 1.165) is 18.9 Å². The molecule has 1 spiro atoms. The molecule has 2 aromatic rings. The maximum atomic E-state index is 13.8. The number of halogens is 2. The van der Waals surface area contributed by atoms with Crippen molar-refractivity contribution >= 4 is 11.8 Å². The fourth-order valence-electron chi connectivity index (χ4n) is 4.02. The van der Waals surface area contributed by atoms with Crippen LogP contribution < -0.4 is 10.7 Å². The third kappa shape index (κ3) is 2.80. The Hall–Kier alpha value is -3.23. The molecule has 0 saturated heterocycles. The first-order chi connectivity index (χ1) is 13.7. The third-order valence-electron chi connectivity index (χ3n) is 6.04. The van der Waals surface area contributed by atoms with Crippen LogP contribution in [0, 0.1) is 11.6 Å². The number of aromatic hydroxyl groups is 1. The fourth-order valence-corrected chi connectivity index (χ4v) is 4.02. The number of rotatable bonds is 3. The summed E-state index contributed by atoms with van der Waals surface area (Å²) in [5.74, 6) is -3.66. The first kappa shape index (κ1) is 19.1. The summed E-state index contributed by atoms with van der Waals surface area (Å²) in [5.41, 5.74) is -1.83. The zero-order valence-electron chi connectivity index (χ0n) is 15.8.